The molecule has 0 aliphatic carbocycles. The molecule has 0 radical (unpaired) electrons. The van der Waals surface area contributed by atoms with Gasteiger partial charge in [0.15, 0.2) is 0 Å². The molecule has 0 aromatic heterocycles. The molecular formula is C15H18BrNO2S. The van der Waals surface area contributed by atoms with Crippen LogP contribution in [0.1, 0.15) is 25.3 Å². The highest BCUT2D eigenvalue weighted by Crippen LogP contribution is 2.21. The summed E-state index contributed by atoms with van der Waals surface area (Å²) in [4.78, 5) is 14.8. The number of ether oxygens (including phenoxy) is 1. The zero-order valence-corrected chi connectivity index (χ0v) is 13.9. The van der Waals surface area contributed by atoms with Gasteiger partial charge in [-0.3, -0.25) is 4.79 Å². The lowest BCUT2D eigenvalue weighted by molar-refractivity contribution is -0.149. The molecular weight excluding hydrogens is 338 g/mol. The zero-order chi connectivity index (χ0) is 14.5. The van der Waals surface area contributed by atoms with Crippen LogP contribution in [0, 0.1) is 5.92 Å². The maximum Gasteiger partial charge on any atom is 0.310 e. The number of hydrogen-bond donors (Lipinski definition) is 0. The van der Waals surface area contributed by atoms with Crippen molar-refractivity contribution in [3.63, 3.8) is 0 Å². The second-order valence-corrected chi connectivity index (χ2v) is 6.15. The summed E-state index contributed by atoms with van der Waals surface area (Å²) in [5, 5.41) is 0. The average molecular weight is 356 g/mol. The van der Waals surface area contributed by atoms with Crippen LogP contribution in [0.3, 0.4) is 0 Å². The number of esters is 1. The van der Waals surface area contributed by atoms with E-state index in [1.54, 1.807) is 0 Å². The molecule has 108 valence electrons. The van der Waals surface area contributed by atoms with Crippen LogP contribution < -0.4 is 0 Å². The van der Waals surface area contributed by atoms with Crippen LogP contribution in [0.15, 0.2) is 28.7 Å². The van der Waals surface area contributed by atoms with E-state index in [0.717, 1.165) is 34.4 Å². The summed E-state index contributed by atoms with van der Waals surface area (Å²) in [7, 11) is 0. The maximum absolute atomic E-state index is 11.8. The van der Waals surface area contributed by atoms with E-state index in [1.165, 1.54) is 0 Å². The molecule has 0 bridgehead atoms. The van der Waals surface area contributed by atoms with Crippen molar-refractivity contribution in [1.82, 2.24) is 4.90 Å². The van der Waals surface area contributed by atoms with Crippen LogP contribution in [-0.4, -0.2) is 35.6 Å². The third-order valence-corrected chi connectivity index (χ3v) is 4.44. The van der Waals surface area contributed by atoms with Gasteiger partial charge in [0.1, 0.15) is 4.99 Å². The van der Waals surface area contributed by atoms with Gasteiger partial charge in [0.2, 0.25) is 0 Å². The number of piperidine rings is 1. The van der Waals surface area contributed by atoms with Crippen LogP contribution in [0.5, 0.6) is 0 Å². The Morgan fingerprint density at radius 1 is 1.45 bits per heavy atom. The largest absolute Gasteiger partial charge is 0.466 e. The van der Waals surface area contributed by atoms with Crippen molar-refractivity contribution in [2.45, 2.75) is 19.8 Å². The Hall–Kier alpha value is -0.940. The third-order valence-electron chi connectivity index (χ3n) is 3.42. The van der Waals surface area contributed by atoms with Crippen molar-refractivity contribution in [3.8, 4) is 0 Å². The summed E-state index contributed by atoms with van der Waals surface area (Å²) in [6, 6.07) is 7.96. The summed E-state index contributed by atoms with van der Waals surface area (Å²) in [5.74, 6) is -0.159. The molecule has 3 nitrogen and oxygen atoms in total. The molecule has 0 amide bonds. The Bertz CT molecular complexity index is 489. The summed E-state index contributed by atoms with van der Waals surface area (Å²) in [6.45, 7) is 3.84. The van der Waals surface area contributed by atoms with Gasteiger partial charge in [-0.25, -0.2) is 0 Å². The summed E-state index contributed by atoms with van der Waals surface area (Å²) in [6.07, 6.45) is 1.86. The molecule has 1 heterocycles. The maximum atomic E-state index is 11.8. The van der Waals surface area contributed by atoms with E-state index in [4.69, 9.17) is 17.0 Å². The number of carbonyl (C=O) groups is 1. The number of carbonyl (C=O) groups excluding carboxylic acids is 1. The van der Waals surface area contributed by atoms with Gasteiger partial charge in [0.25, 0.3) is 0 Å². The SMILES string of the molecule is CCOC(=O)C1CCCN(C(=S)c2ccc(Br)cc2)C1. The number of nitrogens with zero attached hydrogens (tertiary/aromatic N) is 1. The molecule has 0 saturated carbocycles. The van der Waals surface area contributed by atoms with E-state index in [2.05, 4.69) is 20.8 Å². The predicted octanol–water partition coefficient (Wildman–Crippen LogP) is 3.40. The minimum atomic E-state index is -0.101. The Morgan fingerprint density at radius 3 is 2.80 bits per heavy atom. The molecule has 1 aliphatic rings. The fourth-order valence-corrected chi connectivity index (χ4v) is 2.96. The highest BCUT2D eigenvalue weighted by atomic mass is 79.9. The van der Waals surface area contributed by atoms with E-state index in [-0.39, 0.29) is 11.9 Å². The summed E-state index contributed by atoms with van der Waals surface area (Å²) < 4.78 is 6.15. The van der Waals surface area contributed by atoms with Crippen molar-refractivity contribution < 1.29 is 9.53 Å². The first kappa shape index (κ1) is 15.4. The Balaban J connectivity index is 2.03. The molecule has 0 spiro atoms. The first-order chi connectivity index (χ1) is 9.61. The lowest BCUT2D eigenvalue weighted by Gasteiger charge is -2.33. The molecule has 1 saturated heterocycles. The first-order valence-corrected chi connectivity index (χ1v) is 8.03. The number of halogens is 1. The summed E-state index contributed by atoms with van der Waals surface area (Å²) in [5.41, 5.74) is 1.02. The van der Waals surface area contributed by atoms with Crippen molar-refractivity contribution in [1.29, 1.82) is 0 Å². The molecule has 2 rings (SSSR count). The lowest BCUT2D eigenvalue weighted by Crippen LogP contribution is -2.42. The molecule has 1 aromatic carbocycles. The second-order valence-electron chi connectivity index (χ2n) is 4.85. The minimum absolute atomic E-state index is 0.0582. The van der Waals surface area contributed by atoms with Crippen LogP contribution >= 0.6 is 28.1 Å². The van der Waals surface area contributed by atoms with Gasteiger partial charge in [-0.05, 0) is 31.9 Å². The normalized spacial score (nSPS) is 18.7. The quantitative estimate of drug-likeness (QED) is 0.613. The number of thiocarbonyl (C=S) groups is 1. The fourth-order valence-electron chi connectivity index (χ4n) is 2.39. The van der Waals surface area contributed by atoms with Gasteiger partial charge >= 0.3 is 5.97 Å². The Labute approximate surface area is 133 Å². The van der Waals surface area contributed by atoms with Crippen LogP contribution in [-0.2, 0) is 9.53 Å². The Morgan fingerprint density at radius 2 is 2.15 bits per heavy atom. The van der Waals surface area contributed by atoms with E-state index >= 15 is 0 Å². The predicted molar refractivity (Wildman–Crippen MR) is 86.8 cm³/mol. The minimum Gasteiger partial charge on any atom is -0.466 e. The van der Waals surface area contributed by atoms with E-state index in [0.29, 0.717) is 13.2 Å². The van der Waals surface area contributed by atoms with E-state index in [1.807, 2.05) is 31.2 Å². The van der Waals surface area contributed by atoms with Crippen LogP contribution in [0.4, 0.5) is 0 Å². The van der Waals surface area contributed by atoms with Crippen molar-refractivity contribution in [2.75, 3.05) is 19.7 Å². The van der Waals surface area contributed by atoms with E-state index < -0.39 is 0 Å². The molecule has 20 heavy (non-hydrogen) atoms. The summed E-state index contributed by atoms with van der Waals surface area (Å²) >= 11 is 8.96. The Kier molecular flexibility index (Phi) is 5.54. The number of rotatable bonds is 3. The van der Waals surface area contributed by atoms with Gasteiger partial charge in [-0.15, -0.1) is 0 Å². The molecule has 1 fully saturated rings. The molecule has 1 aliphatic heterocycles. The molecule has 1 aromatic rings. The number of benzene rings is 1. The van der Waals surface area contributed by atoms with Gasteiger partial charge < -0.3 is 9.64 Å². The van der Waals surface area contributed by atoms with Crippen molar-refractivity contribution >= 4 is 39.1 Å². The van der Waals surface area contributed by atoms with Crippen LogP contribution in [0.2, 0.25) is 0 Å². The monoisotopic (exact) mass is 355 g/mol. The third kappa shape index (κ3) is 3.79. The number of likely N-dealkylation sites (tertiary alicyclic amines) is 1. The van der Waals surface area contributed by atoms with Gasteiger partial charge in [-0.2, -0.15) is 0 Å². The molecule has 1 atom stereocenters. The highest BCUT2D eigenvalue weighted by molar-refractivity contribution is 9.10. The topological polar surface area (TPSA) is 29.5 Å². The second kappa shape index (κ2) is 7.18. The first-order valence-electron chi connectivity index (χ1n) is 6.83. The van der Waals surface area contributed by atoms with Gasteiger partial charge in [0.05, 0.1) is 12.5 Å². The van der Waals surface area contributed by atoms with Gasteiger partial charge in [0, 0.05) is 23.1 Å². The van der Waals surface area contributed by atoms with E-state index in [9.17, 15) is 4.79 Å². The van der Waals surface area contributed by atoms with Crippen molar-refractivity contribution in [3.05, 3.63) is 34.3 Å². The van der Waals surface area contributed by atoms with Crippen molar-refractivity contribution in [2.24, 2.45) is 5.92 Å². The lowest BCUT2D eigenvalue weighted by atomic mass is 9.97. The fraction of sp³-hybridized carbons (Fsp3) is 0.467. The zero-order valence-electron chi connectivity index (χ0n) is 11.5. The van der Waals surface area contributed by atoms with Gasteiger partial charge in [-0.1, -0.05) is 40.3 Å². The number of hydrogen-bond acceptors (Lipinski definition) is 3. The molecule has 5 heteroatoms. The molecule has 0 N–H and O–H groups in total. The van der Waals surface area contributed by atoms with Crippen LogP contribution in [0.25, 0.3) is 0 Å². The molecule has 1 unspecified atom stereocenters. The highest BCUT2D eigenvalue weighted by Gasteiger charge is 2.28. The smallest absolute Gasteiger partial charge is 0.310 e. The standard InChI is InChI=1S/C15H18BrNO2S/c1-2-19-15(18)12-4-3-9-17(10-12)14(20)11-5-7-13(16)8-6-11/h5-8,12H,2-4,9-10H2,1H3. The average Bonchev–Trinajstić information content (AvgIpc) is 2.48.